The van der Waals surface area contributed by atoms with E-state index in [-0.39, 0.29) is 11.8 Å². The van der Waals surface area contributed by atoms with Crippen LogP contribution in [0.3, 0.4) is 0 Å². The van der Waals surface area contributed by atoms with Gasteiger partial charge in [0, 0.05) is 17.9 Å². The van der Waals surface area contributed by atoms with Crippen LogP contribution in [-0.4, -0.2) is 18.5 Å². The molecule has 0 aliphatic carbocycles. The molecule has 0 aromatic heterocycles. The van der Waals surface area contributed by atoms with Crippen LogP contribution in [0.1, 0.15) is 13.3 Å². The lowest BCUT2D eigenvalue weighted by Gasteiger charge is -2.12. The number of nitrogens with one attached hydrogen (secondary N) is 2. The summed E-state index contributed by atoms with van der Waals surface area (Å²) in [7, 11) is 0. The highest BCUT2D eigenvalue weighted by Gasteiger charge is 2.14. The average molecular weight is 250 g/mol. The molecular weight excluding hydrogens is 232 g/mol. The Bertz CT molecular complexity index is 413. The zero-order chi connectivity index (χ0) is 13.5. The molecule has 0 radical (unpaired) electrons. The number of carbonyl (C=O) groups is 2. The Morgan fingerprint density at radius 2 is 1.67 bits per heavy atom. The molecule has 0 aliphatic rings. The van der Waals surface area contributed by atoms with Crippen LogP contribution in [0.15, 0.2) is 24.3 Å². The average Bonchev–Trinajstić information content (AvgIpc) is 2.32. The van der Waals surface area contributed by atoms with Crippen molar-refractivity contribution < 1.29 is 9.59 Å². The van der Waals surface area contributed by atoms with Crippen molar-refractivity contribution in [1.82, 2.24) is 0 Å². The van der Waals surface area contributed by atoms with E-state index in [1.807, 2.05) is 6.92 Å². The number of amides is 3. The SMILES string of the molecule is CCC(CN)C(=O)Nc1ccc(NC(N)=O)cc1. The molecule has 18 heavy (non-hydrogen) atoms. The molecule has 1 atom stereocenters. The third-order valence-corrected chi connectivity index (χ3v) is 2.57. The van der Waals surface area contributed by atoms with Gasteiger partial charge in [-0.2, -0.15) is 0 Å². The summed E-state index contributed by atoms with van der Waals surface area (Å²) in [6.45, 7) is 2.24. The third-order valence-electron chi connectivity index (χ3n) is 2.57. The summed E-state index contributed by atoms with van der Waals surface area (Å²) in [6, 6.07) is 6.06. The van der Waals surface area contributed by atoms with Gasteiger partial charge in [-0.3, -0.25) is 4.79 Å². The van der Waals surface area contributed by atoms with Crippen LogP contribution in [0.4, 0.5) is 16.2 Å². The molecule has 1 aromatic rings. The van der Waals surface area contributed by atoms with Crippen LogP contribution >= 0.6 is 0 Å². The van der Waals surface area contributed by atoms with Gasteiger partial charge in [-0.15, -0.1) is 0 Å². The second-order valence-electron chi connectivity index (χ2n) is 3.90. The van der Waals surface area contributed by atoms with Gasteiger partial charge in [0.2, 0.25) is 5.91 Å². The smallest absolute Gasteiger partial charge is 0.316 e. The largest absolute Gasteiger partial charge is 0.351 e. The minimum atomic E-state index is -0.624. The number of urea groups is 1. The first-order valence-electron chi connectivity index (χ1n) is 5.74. The topological polar surface area (TPSA) is 110 Å². The molecule has 1 aromatic carbocycles. The summed E-state index contributed by atoms with van der Waals surface area (Å²) in [4.78, 5) is 22.4. The van der Waals surface area contributed by atoms with Gasteiger partial charge in [-0.25, -0.2) is 4.79 Å². The van der Waals surface area contributed by atoms with Crippen molar-refractivity contribution in [1.29, 1.82) is 0 Å². The van der Waals surface area contributed by atoms with Gasteiger partial charge in [0.1, 0.15) is 0 Å². The van der Waals surface area contributed by atoms with Crippen molar-refractivity contribution in [3.8, 4) is 0 Å². The Kier molecular flexibility index (Phi) is 5.13. The standard InChI is InChI=1S/C12H18N4O2/c1-2-8(7-13)11(17)15-9-3-5-10(6-4-9)16-12(14)18/h3-6,8H,2,7,13H2,1H3,(H,15,17)(H3,14,16,18). The molecule has 0 saturated heterocycles. The van der Waals surface area contributed by atoms with Crippen molar-refractivity contribution in [2.75, 3.05) is 17.2 Å². The predicted octanol–water partition coefficient (Wildman–Crippen LogP) is 1.10. The Balaban J connectivity index is 2.63. The van der Waals surface area contributed by atoms with Crippen molar-refractivity contribution in [2.24, 2.45) is 17.4 Å². The normalized spacial score (nSPS) is 11.7. The third kappa shape index (κ3) is 4.06. The lowest BCUT2D eigenvalue weighted by atomic mass is 10.1. The first-order chi connectivity index (χ1) is 8.56. The van der Waals surface area contributed by atoms with E-state index >= 15 is 0 Å². The quantitative estimate of drug-likeness (QED) is 0.628. The maximum absolute atomic E-state index is 11.8. The molecule has 0 heterocycles. The predicted molar refractivity (Wildman–Crippen MR) is 71.1 cm³/mol. The van der Waals surface area contributed by atoms with E-state index < -0.39 is 6.03 Å². The highest BCUT2D eigenvalue weighted by molar-refractivity contribution is 5.93. The number of hydrogen-bond acceptors (Lipinski definition) is 3. The molecule has 1 unspecified atom stereocenters. The van der Waals surface area contributed by atoms with Crippen LogP contribution in [0.2, 0.25) is 0 Å². The summed E-state index contributed by atoms with van der Waals surface area (Å²) >= 11 is 0. The molecule has 6 N–H and O–H groups in total. The van der Waals surface area contributed by atoms with E-state index in [0.29, 0.717) is 24.3 Å². The van der Waals surface area contributed by atoms with E-state index in [9.17, 15) is 9.59 Å². The second-order valence-corrected chi connectivity index (χ2v) is 3.90. The highest BCUT2D eigenvalue weighted by atomic mass is 16.2. The summed E-state index contributed by atoms with van der Waals surface area (Å²) < 4.78 is 0. The van der Waals surface area contributed by atoms with Crippen LogP contribution in [0, 0.1) is 5.92 Å². The molecule has 6 nitrogen and oxygen atoms in total. The fourth-order valence-electron chi connectivity index (χ4n) is 1.48. The molecule has 0 fully saturated rings. The van der Waals surface area contributed by atoms with E-state index in [4.69, 9.17) is 11.5 Å². The first-order valence-corrected chi connectivity index (χ1v) is 5.74. The van der Waals surface area contributed by atoms with E-state index in [1.165, 1.54) is 0 Å². The minimum Gasteiger partial charge on any atom is -0.351 e. The zero-order valence-corrected chi connectivity index (χ0v) is 10.3. The van der Waals surface area contributed by atoms with Crippen molar-refractivity contribution in [3.05, 3.63) is 24.3 Å². The molecule has 0 spiro atoms. The fraction of sp³-hybridized carbons (Fsp3) is 0.333. The monoisotopic (exact) mass is 250 g/mol. The number of carbonyl (C=O) groups excluding carboxylic acids is 2. The summed E-state index contributed by atoms with van der Waals surface area (Å²) in [5, 5.41) is 5.20. The van der Waals surface area contributed by atoms with Crippen LogP contribution in [0.25, 0.3) is 0 Å². The number of rotatable bonds is 5. The molecular formula is C12H18N4O2. The number of anilines is 2. The van der Waals surface area contributed by atoms with Gasteiger partial charge in [0.15, 0.2) is 0 Å². The van der Waals surface area contributed by atoms with Crippen LogP contribution < -0.4 is 22.1 Å². The first kappa shape index (κ1) is 14.0. The summed E-state index contributed by atoms with van der Waals surface area (Å²) in [6.07, 6.45) is 0.698. The molecule has 0 bridgehead atoms. The lowest BCUT2D eigenvalue weighted by molar-refractivity contribution is -0.119. The Labute approximate surface area is 106 Å². The molecule has 98 valence electrons. The number of hydrogen-bond donors (Lipinski definition) is 4. The van der Waals surface area contributed by atoms with Crippen molar-refractivity contribution in [3.63, 3.8) is 0 Å². The Hall–Kier alpha value is -2.08. The maximum Gasteiger partial charge on any atom is 0.316 e. The van der Waals surface area contributed by atoms with Crippen LogP contribution in [0.5, 0.6) is 0 Å². The van der Waals surface area contributed by atoms with E-state index in [0.717, 1.165) is 0 Å². The number of benzene rings is 1. The Morgan fingerprint density at radius 1 is 1.17 bits per heavy atom. The highest BCUT2D eigenvalue weighted by Crippen LogP contribution is 2.14. The van der Waals surface area contributed by atoms with Crippen molar-refractivity contribution in [2.45, 2.75) is 13.3 Å². The number of nitrogens with two attached hydrogens (primary N) is 2. The van der Waals surface area contributed by atoms with E-state index in [1.54, 1.807) is 24.3 Å². The lowest BCUT2D eigenvalue weighted by Crippen LogP contribution is -2.28. The molecule has 1 rings (SSSR count). The molecule has 0 aliphatic heterocycles. The summed E-state index contributed by atoms with van der Waals surface area (Å²) in [5.41, 5.74) is 11.7. The van der Waals surface area contributed by atoms with Crippen molar-refractivity contribution >= 4 is 23.3 Å². The van der Waals surface area contributed by atoms with Gasteiger partial charge in [-0.05, 0) is 30.7 Å². The van der Waals surface area contributed by atoms with Gasteiger partial charge in [0.05, 0.1) is 5.92 Å². The number of primary amides is 1. The van der Waals surface area contributed by atoms with Crippen LogP contribution in [-0.2, 0) is 4.79 Å². The molecule has 3 amide bonds. The van der Waals surface area contributed by atoms with E-state index in [2.05, 4.69) is 10.6 Å². The molecule has 0 saturated carbocycles. The van der Waals surface area contributed by atoms with Gasteiger partial charge >= 0.3 is 6.03 Å². The second kappa shape index (κ2) is 6.61. The van der Waals surface area contributed by atoms with Gasteiger partial charge in [-0.1, -0.05) is 6.92 Å². The Morgan fingerprint density at radius 3 is 2.06 bits per heavy atom. The van der Waals surface area contributed by atoms with Gasteiger partial charge < -0.3 is 22.1 Å². The minimum absolute atomic E-state index is 0.101. The fourth-order valence-corrected chi connectivity index (χ4v) is 1.48. The summed E-state index contributed by atoms with van der Waals surface area (Å²) in [5.74, 6) is -0.288. The zero-order valence-electron chi connectivity index (χ0n) is 10.3. The molecule has 6 heteroatoms. The van der Waals surface area contributed by atoms with Gasteiger partial charge in [0.25, 0.3) is 0 Å². The maximum atomic E-state index is 11.8.